The fourth-order valence-electron chi connectivity index (χ4n) is 4.68. The molecule has 0 aromatic heterocycles. The van der Waals surface area contributed by atoms with Crippen molar-refractivity contribution in [2.24, 2.45) is 0 Å². The molecule has 35 heavy (non-hydrogen) atoms. The molecule has 0 spiro atoms. The molecule has 2 aromatic carbocycles. The Labute approximate surface area is 198 Å². The minimum absolute atomic E-state index is 0.00689. The Morgan fingerprint density at radius 3 is 2.23 bits per heavy atom. The zero-order valence-corrected chi connectivity index (χ0v) is 18.8. The highest BCUT2D eigenvalue weighted by atomic mass is 19.4. The van der Waals surface area contributed by atoms with Gasteiger partial charge in [0.2, 0.25) is 0 Å². The van der Waals surface area contributed by atoms with Crippen LogP contribution in [-0.4, -0.2) is 31.3 Å². The number of carbonyl (C=O) groups is 1. The highest BCUT2D eigenvalue weighted by Gasteiger charge is 2.44. The van der Waals surface area contributed by atoms with Crippen LogP contribution in [0.3, 0.4) is 0 Å². The predicted molar refractivity (Wildman–Crippen MR) is 115 cm³/mol. The molecule has 2 heterocycles. The van der Waals surface area contributed by atoms with E-state index in [0.717, 1.165) is 5.56 Å². The van der Waals surface area contributed by atoms with E-state index in [4.69, 9.17) is 4.74 Å². The van der Waals surface area contributed by atoms with Gasteiger partial charge in [0.25, 0.3) is 0 Å². The third-order valence-corrected chi connectivity index (χ3v) is 6.61. The van der Waals surface area contributed by atoms with Crippen molar-refractivity contribution in [3.8, 4) is 0 Å². The summed E-state index contributed by atoms with van der Waals surface area (Å²) in [6.07, 6.45) is -9.73. The van der Waals surface area contributed by atoms with Gasteiger partial charge in [0, 0.05) is 18.6 Å². The molecule has 4 unspecified atom stereocenters. The molecule has 0 radical (unpaired) electrons. The average Bonchev–Trinajstić information content (AvgIpc) is 2.81. The van der Waals surface area contributed by atoms with Gasteiger partial charge >= 0.3 is 18.4 Å². The van der Waals surface area contributed by atoms with E-state index in [-0.39, 0.29) is 36.4 Å². The van der Waals surface area contributed by atoms with Crippen LogP contribution in [0.4, 0.5) is 31.1 Å². The Kier molecular flexibility index (Phi) is 6.76. The SMILES string of the molecule is CC(OCC1(c2ccccc2)CCC2NC(=O)NCC2N1)c1cc(C(F)(F)F)cc(C(F)(F)F)c1. The van der Waals surface area contributed by atoms with Gasteiger partial charge in [-0.25, -0.2) is 4.79 Å². The van der Waals surface area contributed by atoms with E-state index in [2.05, 4.69) is 16.0 Å². The molecular weight excluding hydrogens is 476 g/mol. The van der Waals surface area contributed by atoms with Crippen LogP contribution >= 0.6 is 0 Å². The van der Waals surface area contributed by atoms with Crippen molar-refractivity contribution in [3.63, 3.8) is 0 Å². The number of halogens is 6. The van der Waals surface area contributed by atoms with Crippen molar-refractivity contribution >= 4 is 6.03 Å². The van der Waals surface area contributed by atoms with Gasteiger partial charge in [0.05, 0.1) is 29.4 Å². The van der Waals surface area contributed by atoms with Crippen LogP contribution in [0.1, 0.15) is 48.1 Å². The second-order valence-electron chi connectivity index (χ2n) is 8.99. The van der Waals surface area contributed by atoms with Crippen LogP contribution in [-0.2, 0) is 22.6 Å². The standard InChI is InChI=1S/C24H25F6N3O2/c1-14(15-9-17(23(25,26)27)11-18(10-15)24(28,29)30)35-13-22(16-5-3-2-4-6-16)8-7-19-20(33-22)12-31-21(34)32-19/h2-6,9-11,14,19-20,33H,7-8,12-13H2,1H3,(H2,31,32,34). The summed E-state index contributed by atoms with van der Waals surface area (Å²) in [5.74, 6) is 0. The molecule has 3 N–H and O–H groups in total. The quantitative estimate of drug-likeness (QED) is 0.498. The molecule has 4 atom stereocenters. The Morgan fingerprint density at radius 1 is 1.00 bits per heavy atom. The van der Waals surface area contributed by atoms with Gasteiger partial charge < -0.3 is 15.4 Å². The maximum atomic E-state index is 13.3. The zero-order valence-electron chi connectivity index (χ0n) is 18.8. The van der Waals surface area contributed by atoms with Gasteiger partial charge in [-0.15, -0.1) is 0 Å². The van der Waals surface area contributed by atoms with Crippen molar-refractivity contribution in [1.29, 1.82) is 0 Å². The van der Waals surface area contributed by atoms with Crippen molar-refractivity contribution in [1.82, 2.24) is 16.0 Å². The first-order valence-corrected chi connectivity index (χ1v) is 11.2. The first-order chi connectivity index (χ1) is 16.4. The molecular formula is C24H25F6N3O2. The van der Waals surface area contributed by atoms with E-state index in [0.29, 0.717) is 31.5 Å². The molecule has 2 aliphatic heterocycles. The minimum Gasteiger partial charge on any atom is -0.372 e. The summed E-state index contributed by atoms with van der Waals surface area (Å²) in [4.78, 5) is 11.7. The van der Waals surface area contributed by atoms with E-state index in [1.807, 2.05) is 30.3 Å². The largest absolute Gasteiger partial charge is 0.416 e. The van der Waals surface area contributed by atoms with Gasteiger partial charge in [-0.3, -0.25) is 5.32 Å². The number of amides is 2. The number of hydrogen-bond acceptors (Lipinski definition) is 3. The van der Waals surface area contributed by atoms with Crippen LogP contribution in [0.15, 0.2) is 48.5 Å². The molecule has 0 saturated carbocycles. The third kappa shape index (κ3) is 5.56. The lowest BCUT2D eigenvalue weighted by Gasteiger charge is -2.48. The van der Waals surface area contributed by atoms with Crippen LogP contribution < -0.4 is 16.0 Å². The average molecular weight is 501 g/mol. The topological polar surface area (TPSA) is 62.4 Å². The summed E-state index contributed by atoms with van der Waals surface area (Å²) in [6.45, 7) is 1.82. The fourth-order valence-corrected chi connectivity index (χ4v) is 4.68. The van der Waals surface area contributed by atoms with Crippen molar-refractivity contribution in [2.75, 3.05) is 13.2 Å². The third-order valence-electron chi connectivity index (χ3n) is 6.61. The van der Waals surface area contributed by atoms with Gasteiger partial charge in [-0.1, -0.05) is 30.3 Å². The smallest absolute Gasteiger partial charge is 0.372 e. The van der Waals surface area contributed by atoms with Crippen molar-refractivity contribution in [3.05, 3.63) is 70.8 Å². The summed E-state index contributed by atoms with van der Waals surface area (Å²) in [6, 6.07) is 10.3. The normalized spacial score (nSPS) is 25.9. The lowest BCUT2D eigenvalue weighted by Crippen LogP contribution is -2.69. The number of hydrogen-bond donors (Lipinski definition) is 3. The number of rotatable bonds is 5. The molecule has 2 saturated heterocycles. The number of piperidine rings is 1. The van der Waals surface area contributed by atoms with E-state index < -0.39 is 35.1 Å². The molecule has 2 fully saturated rings. The molecule has 4 rings (SSSR count). The summed E-state index contributed by atoms with van der Waals surface area (Å²) < 4.78 is 85.7. The Hall–Kier alpha value is -2.79. The number of nitrogens with one attached hydrogen (secondary N) is 3. The van der Waals surface area contributed by atoms with Gasteiger partial charge in [0.1, 0.15) is 0 Å². The number of carbonyl (C=O) groups excluding carboxylic acids is 1. The second kappa shape index (κ2) is 9.34. The first kappa shape index (κ1) is 25.3. The summed E-state index contributed by atoms with van der Waals surface area (Å²) in [7, 11) is 0. The van der Waals surface area contributed by atoms with Crippen molar-refractivity contribution < 1.29 is 35.9 Å². The molecule has 190 valence electrons. The predicted octanol–water partition coefficient (Wildman–Crippen LogP) is 5.13. The van der Waals surface area contributed by atoms with E-state index >= 15 is 0 Å². The Bertz CT molecular complexity index is 1030. The lowest BCUT2D eigenvalue weighted by atomic mass is 9.78. The van der Waals surface area contributed by atoms with Crippen LogP contribution in [0.2, 0.25) is 0 Å². The maximum Gasteiger partial charge on any atom is 0.416 e. The first-order valence-electron chi connectivity index (χ1n) is 11.2. The van der Waals surface area contributed by atoms with Gasteiger partial charge in [0.15, 0.2) is 0 Å². The molecule has 2 amide bonds. The zero-order chi connectivity index (χ0) is 25.4. The molecule has 11 heteroatoms. The Balaban J connectivity index is 1.60. The number of ether oxygens (including phenoxy) is 1. The molecule has 0 bridgehead atoms. The van der Waals surface area contributed by atoms with Gasteiger partial charge in [-0.2, -0.15) is 26.3 Å². The monoisotopic (exact) mass is 501 g/mol. The van der Waals surface area contributed by atoms with Crippen molar-refractivity contribution in [2.45, 2.75) is 55.8 Å². The van der Waals surface area contributed by atoms with Crippen LogP contribution in [0, 0.1) is 0 Å². The number of benzene rings is 2. The number of urea groups is 1. The lowest BCUT2D eigenvalue weighted by molar-refractivity contribution is -0.143. The molecule has 0 aliphatic carbocycles. The maximum absolute atomic E-state index is 13.3. The number of alkyl halides is 6. The summed E-state index contributed by atoms with van der Waals surface area (Å²) in [5.41, 5.74) is -2.83. The summed E-state index contributed by atoms with van der Waals surface area (Å²) >= 11 is 0. The van der Waals surface area contributed by atoms with E-state index in [9.17, 15) is 31.1 Å². The number of fused-ring (bicyclic) bond motifs is 1. The molecule has 2 aromatic rings. The molecule has 2 aliphatic rings. The second-order valence-corrected chi connectivity index (χ2v) is 8.99. The van der Waals surface area contributed by atoms with Crippen LogP contribution in [0.25, 0.3) is 0 Å². The van der Waals surface area contributed by atoms with E-state index in [1.54, 1.807) is 0 Å². The van der Waals surface area contributed by atoms with Gasteiger partial charge in [-0.05, 0) is 49.1 Å². The highest BCUT2D eigenvalue weighted by Crippen LogP contribution is 2.39. The Morgan fingerprint density at radius 2 is 1.63 bits per heavy atom. The van der Waals surface area contributed by atoms with Crippen LogP contribution in [0.5, 0.6) is 0 Å². The fraction of sp³-hybridized carbons (Fsp3) is 0.458. The molecule has 5 nitrogen and oxygen atoms in total. The summed E-state index contributed by atoms with van der Waals surface area (Å²) in [5, 5.41) is 9.13. The highest BCUT2D eigenvalue weighted by molar-refractivity contribution is 5.75. The minimum atomic E-state index is -4.93. The van der Waals surface area contributed by atoms with E-state index in [1.165, 1.54) is 6.92 Å².